The summed E-state index contributed by atoms with van der Waals surface area (Å²) in [4.78, 5) is 19.1. The molecule has 2 aromatic carbocycles. The number of aromatic amines is 1. The molecule has 5 atom stereocenters. The Balaban J connectivity index is 1.18. The van der Waals surface area contributed by atoms with Gasteiger partial charge >= 0.3 is 0 Å². The van der Waals surface area contributed by atoms with Gasteiger partial charge in [-0.1, -0.05) is 24.3 Å². The predicted octanol–water partition coefficient (Wildman–Crippen LogP) is 3.24. The molecule has 3 heterocycles. The van der Waals surface area contributed by atoms with Crippen molar-refractivity contribution in [3.63, 3.8) is 0 Å². The minimum Gasteiger partial charge on any atom is -0.504 e. The number of ether oxygens (including phenoxy) is 1. The van der Waals surface area contributed by atoms with Gasteiger partial charge in [-0.15, -0.1) is 0 Å². The van der Waals surface area contributed by atoms with Crippen molar-refractivity contribution in [3.8, 4) is 11.5 Å². The molecular formula is C29H31N3O4. The number of phenols is 1. The molecule has 0 radical (unpaired) electrons. The third-order valence-corrected chi connectivity index (χ3v) is 9.85. The van der Waals surface area contributed by atoms with E-state index in [0.29, 0.717) is 24.3 Å². The number of amides is 1. The number of carbonyl (C=O) groups excluding carboxylic acids is 1. The second-order valence-corrected chi connectivity index (χ2v) is 11.7. The van der Waals surface area contributed by atoms with Gasteiger partial charge in [-0.05, 0) is 74.8 Å². The average molecular weight is 486 g/mol. The second-order valence-electron chi connectivity index (χ2n) is 11.7. The molecule has 1 spiro atoms. The summed E-state index contributed by atoms with van der Waals surface area (Å²) in [6.45, 7) is 1.95. The molecule has 1 aromatic heterocycles. The number of rotatable bonds is 4. The number of likely N-dealkylation sites (tertiary alicyclic amines) is 1. The molecule has 186 valence electrons. The van der Waals surface area contributed by atoms with Gasteiger partial charge in [-0.2, -0.15) is 0 Å². The van der Waals surface area contributed by atoms with Crippen molar-refractivity contribution in [2.75, 3.05) is 13.1 Å². The van der Waals surface area contributed by atoms with E-state index in [2.05, 4.69) is 15.2 Å². The molecule has 3 aromatic rings. The number of nitrogens with one attached hydrogen (secondary N) is 2. The van der Waals surface area contributed by atoms with Crippen LogP contribution in [0.3, 0.4) is 0 Å². The average Bonchev–Trinajstić information content (AvgIpc) is 3.45. The van der Waals surface area contributed by atoms with Crippen molar-refractivity contribution in [2.24, 2.45) is 5.92 Å². The quantitative estimate of drug-likeness (QED) is 0.455. The lowest BCUT2D eigenvalue weighted by Gasteiger charge is -2.64. The summed E-state index contributed by atoms with van der Waals surface area (Å²) in [6.07, 6.45) is 4.93. The van der Waals surface area contributed by atoms with Crippen LogP contribution in [0.4, 0.5) is 0 Å². The van der Waals surface area contributed by atoms with Gasteiger partial charge in [0.1, 0.15) is 11.8 Å². The van der Waals surface area contributed by atoms with Crippen LogP contribution in [0.5, 0.6) is 11.5 Å². The maximum Gasteiger partial charge on any atom is 0.268 e. The second kappa shape index (κ2) is 7.05. The number of fused-ring (bicyclic) bond motifs is 1. The minimum absolute atomic E-state index is 0.0336. The first-order valence-corrected chi connectivity index (χ1v) is 13.3. The highest BCUT2D eigenvalue weighted by molar-refractivity contribution is 5.98. The molecule has 7 heteroatoms. The number of carbonyl (C=O) groups is 1. The number of hydrogen-bond acceptors (Lipinski definition) is 5. The molecule has 2 saturated carbocycles. The third kappa shape index (κ3) is 2.62. The van der Waals surface area contributed by atoms with Crippen molar-refractivity contribution in [1.82, 2.24) is 15.2 Å². The first-order chi connectivity index (χ1) is 17.5. The standard InChI is InChI=1S/C29H31N3O4/c33-22-8-7-18-14-23-29(35)10-9-20(31-27(34)21-13-17-3-1-2-4-19(17)30-21)26-28(29,24(18)25(22)36-26)11-12-32(23)15-16-5-6-16/h1-4,7-8,13,16,20,23,26,30,33,35H,5-6,9-12,14-15H2,(H,31,34)/t20-,23?,26+,28+,29-/m1/s1. The largest absolute Gasteiger partial charge is 0.504 e. The lowest BCUT2D eigenvalue weighted by atomic mass is 9.48. The Morgan fingerprint density at radius 2 is 2.03 bits per heavy atom. The Labute approximate surface area is 209 Å². The summed E-state index contributed by atoms with van der Waals surface area (Å²) >= 11 is 0. The van der Waals surface area contributed by atoms with E-state index in [9.17, 15) is 15.0 Å². The molecule has 1 amide bonds. The van der Waals surface area contributed by atoms with Crippen molar-refractivity contribution in [2.45, 2.75) is 67.7 Å². The molecule has 8 rings (SSSR count). The Bertz CT molecular complexity index is 1380. The number of hydrogen-bond donors (Lipinski definition) is 4. The van der Waals surface area contributed by atoms with Crippen LogP contribution >= 0.6 is 0 Å². The number of piperidine rings is 1. The smallest absolute Gasteiger partial charge is 0.268 e. The number of aromatic hydroxyl groups is 1. The van der Waals surface area contributed by atoms with Gasteiger partial charge in [0, 0.05) is 29.1 Å². The zero-order valence-corrected chi connectivity index (χ0v) is 20.2. The summed E-state index contributed by atoms with van der Waals surface area (Å²) in [5.41, 5.74) is 2.03. The molecule has 1 saturated heterocycles. The normalized spacial score (nSPS) is 34.3. The summed E-state index contributed by atoms with van der Waals surface area (Å²) < 4.78 is 6.56. The molecule has 1 unspecified atom stereocenters. The zero-order chi connectivity index (χ0) is 24.2. The van der Waals surface area contributed by atoms with Crippen molar-refractivity contribution in [1.29, 1.82) is 0 Å². The maximum absolute atomic E-state index is 13.4. The first kappa shape index (κ1) is 21.1. The molecule has 3 aliphatic carbocycles. The van der Waals surface area contributed by atoms with Crippen molar-refractivity contribution >= 4 is 16.8 Å². The van der Waals surface area contributed by atoms with Crippen molar-refractivity contribution in [3.05, 3.63) is 59.3 Å². The predicted molar refractivity (Wildman–Crippen MR) is 134 cm³/mol. The van der Waals surface area contributed by atoms with Gasteiger partial charge in [0.05, 0.1) is 17.1 Å². The lowest BCUT2D eigenvalue weighted by Crippen LogP contribution is -2.78. The fourth-order valence-corrected chi connectivity index (χ4v) is 8.07. The van der Waals surface area contributed by atoms with E-state index >= 15 is 0 Å². The molecular weight excluding hydrogens is 454 g/mol. The fourth-order valence-electron chi connectivity index (χ4n) is 8.07. The van der Waals surface area contributed by atoms with Crippen LogP contribution in [0.15, 0.2) is 42.5 Å². The minimum atomic E-state index is -0.945. The van der Waals surface area contributed by atoms with Crippen LogP contribution in [0, 0.1) is 5.92 Å². The summed E-state index contributed by atoms with van der Waals surface area (Å²) in [5, 5.41) is 27.6. The molecule has 4 N–H and O–H groups in total. The van der Waals surface area contributed by atoms with E-state index in [1.807, 2.05) is 36.4 Å². The summed E-state index contributed by atoms with van der Waals surface area (Å²) in [5.74, 6) is 1.22. The van der Waals surface area contributed by atoms with Crippen LogP contribution in [-0.4, -0.2) is 62.9 Å². The van der Waals surface area contributed by atoms with Gasteiger partial charge in [0.15, 0.2) is 11.5 Å². The Kier molecular flexibility index (Phi) is 4.13. The maximum atomic E-state index is 13.4. The number of H-pyrrole nitrogens is 1. The van der Waals surface area contributed by atoms with Crippen LogP contribution in [-0.2, 0) is 11.8 Å². The highest BCUT2D eigenvalue weighted by Crippen LogP contribution is 2.65. The Hall–Kier alpha value is -3.03. The van der Waals surface area contributed by atoms with E-state index in [4.69, 9.17) is 4.74 Å². The van der Waals surface area contributed by atoms with Crippen LogP contribution in [0.25, 0.3) is 10.9 Å². The van der Waals surface area contributed by atoms with Gasteiger partial charge in [0.2, 0.25) is 0 Å². The monoisotopic (exact) mass is 485 g/mol. The topological polar surface area (TPSA) is 97.8 Å². The zero-order valence-electron chi connectivity index (χ0n) is 20.2. The number of para-hydroxylation sites is 1. The Morgan fingerprint density at radius 1 is 1.17 bits per heavy atom. The van der Waals surface area contributed by atoms with E-state index in [0.717, 1.165) is 48.3 Å². The number of benzene rings is 2. The lowest BCUT2D eigenvalue weighted by molar-refractivity contribution is -0.191. The Morgan fingerprint density at radius 3 is 2.86 bits per heavy atom. The van der Waals surface area contributed by atoms with Gasteiger partial charge in [-0.25, -0.2) is 0 Å². The fraction of sp³-hybridized carbons (Fsp3) is 0.483. The SMILES string of the molecule is O=C(N[C@@H]1CC[C@@]2(O)C3Cc4ccc(O)c5c4[C@@]2(CCN3CC2CC2)[C@H]1O5)c1cc2ccccc2[nH]1. The molecule has 2 bridgehead atoms. The van der Waals surface area contributed by atoms with Gasteiger partial charge in [0.25, 0.3) is 5.91 Å². The van der Waals surface area contributed by atoms with Crippen LogP contribution in [0.1, 0.15) is 53.7 Å². The molecule has 2 aliphatic heterocycles. The van der Waals surface area contributed by atoms with Gasteiger partial charge < -0.3 is 25.3 Å². The summed E-state index contributed by atoms with van der Waals surface area (Å²) in [7, 11) is 0. The molecule has 7 nitrogen and oxygen atoms in total. The van der Waals surface area contributed by atoms with E-state index in [-0.39, 0.29) is 23.7 Å². The molecule has 3 fully saturated rings. The summed E-state index contributed by atoms with van der Waals surface area (Å²) in [6, 6.07) is 13.2. The molecule has 36 heavy (non-hydrogen) atoms. The van der Waals surface area contributed by atoms with E-state index in [1.54, 1.807) is 6.07 Å². The third-order valence-electron chi connectivity index (χ3n) is 9.85. The van der Waals surface area contributed by atoms with Crippen molar-refractivity contribution < 1.29 is 19.7 Å². The van der Waals surface area contributed by atoms with E-state index in [1.165, 1.54) is 18.4 Å². The molecule has 5 aliphatic rings. The van der Waals surface area contributed by atoms with Crippen LogP contribution in [0.2, 0.25) is 0 Å². The number of aromatic nitrogens is 1. The van der Waals surface area contributed by atoms with E-state index < -0.39 is 17.1 Å². The number of phenolic OH excluding ortho intramolecular Hbond substituents is 1. The number of aliphatic hydroxyl groups is 1. The highest BCUT2D eigenvalue weighted by Gasteiger charge is 2.73. The first-order valence-electron chi connectivity index (χ1n) is 13.3. The number of nitrogens with zero attached hydrogens (tertiary/aromatic N) is 1. The van der Waals surface area contributed by atoms with Gasteiger partial charge in [-0.3, -0.25) is 9.69 Å². The van der Waals surface area contributed by atoms with Crippen LogP contribution < -0.4 is 10.1 Å². The highest BCUT2D eigenvalue weighted by atomic mass is 16.5.